The summed E-state index contributed by atoms with van der Waals surface area (Å²) in [4.78, 5) is 45.3. The highest BCUT2D eigenvalue weighted by atomic mass is 35.5. The topological polar surface area (TPSA) is 102 Å². The fraction of sp³-hybridized carbons (Fsp3) is 0.500. The molecule has 0 unspecified atom stereocenters. The van der Waals surface area contributed by atoms with Gasteiger partial charge < -0.3 is 10.3 Å². The number of hydrogen-bond donors (Lipinski definition) is 2. The Morgan fingerprint density at radius 1 is 1.09 bits per heavy atom. The van der Waals surface area contributed by atoms with Gasteiger partial charge in [-0.1, -0.05) is 63.9 Å². The van der Waals surface area contributed by atoms with E-state index < -0.39 is 11.2 Å². The van der Waals surface area contributed by atoms with Crippen LogP contribution < -0.4 is 16.6 Å². The van der Waals surface area contributed by atoms with Gasteiger partial charge in [0.1, 0.15) is 0 Å². The van der Waals surface area contributed by atoms with Crippen LogP contribution >= 0.6 is 11.6 Å². The van der Waals surface area contributed by atoms with E-state index in [1.165, 1.54) is 9.13 Å². The molecule has 2 N–H and O–H groups in total. The highest BCUT2D eigenvalue weighted by Crippen LogP contribution is 2.26. The fourth-order valence-corrected chi connectivity index (χ4v) is 4.15. The van der Waals surface area contributed by atoms with Gasteiger partial charge in [0.15, 0.2) is 11.2 Å². The Hall–Kier alpha value is -2.87. The Morgan fingerprint density at radius 2 is 1.79 bits per heavy atom. The molecular formula is C24H32ClN5O3. The molecule has 2 heterocycles. The van der Waals surface area contributed by atoms with Crippen LogP contribution in [0.1, 0.15) is 58.4 Å². The Bertz CT molecular complexity index is 1210. The second kappa shape index (κ2) is 10.8. The first-order valence-corrected chi connectivity index (χ1v) is 11.8. The number of hydrogen-bond acceptors (Lipinski definition) is 4. The third-order valence-electron chi connectivity index (χ3n) is 5.86. The first-order chi connectivity index (χ1) is 15.7. The number of benzene rings is 1. The van der Waals surface area contributed by atoms with E-state index in [4.69, 9.17) is 11.6 Å². The van der Waals surface area contributed by atoms with Gasteiger partial charge in [-0.25, -0.2) is 4.79 Å². The second-order valence-corrected chi connectivity index (χ2v) is 9.31. The zero-order chi connectivity index (χ0) is 24.0. The van der Waals surface area contributed by atoms with Crippen molar-refractivity contribution in [2.45, 2.75) is 71.4 Å². The average Bonchev–Trinajstić information content (AvgIpc) is 3.17. The van der Waals surface area contributed by atoms with Crippen LogP contribution in [0.15, 0.2) is 39.9 Å². The van der Waals surface area contributed by atoms with Crippen molar-refractivity contribution in [3.05, 3.63) is 62.0 Å². The van der Waals surface area contributed by atoms with Crippen molar-refractivity contribution < 1.29 is 4.79 Å². The molecule has 0 saturated carbocycles. The minimum Gasteiger partial charge on any atom is -0.356 e. The van der Waals surface area contributed by atoms with Crippen LogP contribution in [0.5, 0.6) is 0 Å². The summed E-state index contributed by atoms with van der Waals surface area (Å²) in [6.45, 7) is 7.18. The standard InChI is InChI=1S/C24H32ClN5O3/c1-4-5-9-14-29-20-19(27-22(25)28-20)21(32)30(23(29)33)15-10-13-26-18(31)16-24(2,3)17-11-7-6-8-12-17/h6-8,11-12H,4-5,9-10,13-16H2,1-3H3,(H,26,31)(H,27,28). The molecule has 3 rings (SSSR count). The maximum absolute atomic E-state index is 13.0. The monoisotopic (exact) mass is 473 g/mol. The smallest absolute Gasteiger partial charge is 0.332 e. The molecular weight excluding hydrogens is 442 g/mol. The van der Waals surface area contributed by atoms with Crippen LogP contribution in [-0.2, 0) is 23.3 Å². The van der Waals surface area contributed by atoms with E-state index in [2.05, 4.69) is 22.2 Å². The summed E-state index contributed by atoms with van der Waals surface area (Å²) in [6.07, 6.45) is 3.59. The molecule has 178 valence electrons. The number of H-pyrrole nitrogens is 1. The summed E-state index contributed by atoms with van der Waals surface area (Å²) in [5.41, 5.74) is 0.478. The maximum atomic E-state index is 13.0. The zero-order valence-corrected chi connectivity index (χ0v) is 20.2. The van der Waals surface area contributed by atoms with E-state index in [-0.39, 0.29) is 28.7 Å². The molecule has 0 aliphatic rings. The Kier molecular flexibility index (Phi) is 8.13. The van der Waals surface area contributed by atoms with Crippen molar-refractivity contribution in [1.82, 2.24) is 24.4 Å². The predicted octanol–water partition coefficient (Wildman–Crippen LogP) is 3.60. The van der Waals surface area contributed by atoms with Gasteiger partial charge in [0.2, 0.25) is 11.2 Å². The molecule has 0 saturated heterocycles. The highest BCUT2D eigenvalue weighted by molar-refractivity contribution is 6.28. The molecule has 1 aromatic carbocycles. The number of amides is 1. The van der Waals surface area contributed by atoms with Gasteiger partial charge in [-0.2, -0.15) is 4.98 Å². The number of aryl methyl sites for hydroxylation is 1. The van der Waals surface area contributed by atoms with Crippen molar-refractivity contribution in [1.29, 1.82) is 0 Å². The number of imidazole rings is 1. The molecule has 3 aromatic rings. The molecule has 1 amide bonds. The van der Waals surface area contributed by atoms with Crippen molar-refractivity contribution in [3.8, 4) is 0 Å². The summed E-state index contributed by atoms with van der Waals surface area (Å²) < 4.78 is 2.71. The van der Waals surface area contributed by atoms with Crippen molar-refractivity contribution >= 4 is 28.7 Å². The Labute approximate surface area is 198 Å². The van der Waals surface area contributed by atoms with E-state index in [1.807, 2.05) is 44.2 Å². The number of carbonyl (C=O) groups excluding carboxylic acids is 1. The molecule has 0 bridgehead atoms. The number of nitrogens with zero attached hydrogens (tertiary/aromatic N) is 3. The summed E-state index contributed by atoms with van der Waals surface area (Å²) in [5.74, 6) is -0.0658. The van der Waals surface area contributed by atoms with Crippen molar-refractivity contribution in [3.63, 3.8) is 0 Å². The normalized spacial score (nSPS) is 11.8. The molecule has 0 spiro atoms. The Balaban J connectivity index is 1.66. The van der Waals surface area contributed by atoms with Crippen LogP contribution in [0.4, 0.5) is 0 Å². The molecule has 2 aromatic heterocycles. The quantitative estimate of drug-likeness (QED) is 0.328. The van der Waals surface area contributed by atoms with Crippen molar-refractivity contribution in [2.24, 2.45) is 0 Å². The van der Waals surface area contributed by atoms with Crippen molar-refractivity contribution in [2.75, 3.05) is 6.54 Å². The SMILES string of the molecule is CCCCCn1c(=O)n(CCCNC(=O)CC(C)(C)c2ccccc2)c(=O)c2[nH]c(Cl)nc21. The number of fused-ring (bicyclic) bond motifs is 1. The lowest BCUT2D eigenvalue weighted by Crippen LogP contribution is -2.41. The van der Waals surface area contributed by atoms with E-state index in [0.717, 1.165) is 24.8 Å². The van der Waals surface area contributed by atoms with Crippen LogP contribution in [-0.4, -0.2) is 31.6 Å². The van der Waals surface area contributed by atoms with Gasteiger partial charge in [0.25, 0.3) is 5.56 Å². The van der Waals surface area contributed by atoms with Gasteiger partial charge in [0, 0.05) is 26.1 Å². The third kappa shape index (κ3) is 5.93. The lowest BCUT2D eigenvalue weighted by Gasteiger charge is -2.24. The third-order valence-corrected chi connectivity index (χ3v) is 6.04. The lowest BCUT2D eigenvalue weighted by atomic mass is 9.81. The average molecular weight is 474 g/mol. The number of aromatic nitrogens is 4. The molecule has 9 heteroatoms. The highest BCUT2D eigenvalue weighted by Gasteiger charge is 2.24. The van der Waals surface area contributed by atoms with E-state index in [1.54, 1.807) is 0 Å². The number of unbranched alkanes of at least 4 members (excludes halogenated alkanes) is 2. The van der Waals surface area contributed by atoms with Crippen LogP contribution in [0, 0.1) is 0 Å². The number of rotatable bonds is 11. The Morgan fingerprint density at radius 3 is 2.48 bits per heavy atom. The summed E-state index contributed by atoms with van der Waals surface area (Å²) in [7, 11) is 0. The van der Waals surface area contributed by atoms with Gasteiger partial charge in [0.05, 0.1) is 0 Å². The van der Waals surface area contributed by atoms with Crippen LogP contribution in [0.2, 0.25) is 5.28 Å². The summed E-state index contributed by atoms with van der Waals surface area (Å²) >= 11 is 5.97. The first-order valence-electron chi connectivity index (χ1n) is 11.5. The number of halogens is 1. The van der Waals surface area contributed by atoms with Gasteiger partial charge in [-0.3, -0.25) is 18.7 Å². The number of nitrogens with one attached hydrogen (secondary N) is 2. The molecule has 33 heavy (non-hydrogen) atoms. The van der Waals surface area contributed by atoms with E-state index in [9.17, 15) is 14.4 Å². The maximum Gasteiger partial charge on any atom is 0.332 e. The fourth-order valence-electron chi connectivity index (χ4n) is 3.98. The molecule has 0 radical (unpaired) electrons. The molecule has 8 nitrogen and oxygen atoms in total. The lowest BCUT2D eigenvalue weighted by molar-refractivity contribution is -0.122. The van der Waals surface area contributed by atoms with Crippen LogP contribution in [0.3, 0.4) is 0 Å². The van der Waals surface area contributed by atoms with E-state index in [0.29, 0.717) is 31.6 Å². The largest absolute Gasteiger partial charge is 0.356 e. The minimum absolute atomic E-state index is 0.0658. The molecule has 0 aliphatic carbocycles. The first kappa shape index (κ1) is 24.8. The summed E-state index contributed by atoms with van der Waals surface area (Å²) in [6, 6.07) is 9.91. The number of carbonyl (C=O) groups is 1. The molecule has 0 fully saturated rings. The minimum atomic E-state index is -0.447. The second-order valence-electron chi connectivity index (χ2n) is 8.95. The number of aromatic amines is 1. The summed E-state index contributed by atoms with van der Waals surface area (Å²) in [5, 5.41) is 2.99. The zero-order valence-electron chi connectivity index (χ0n) is 19.5. The molecule has 0 aliphatic heterocycles. The van der Waals surface area contributed by atoms with E-state index >= 15 is 0 Å². The van der Waals surface area contributed by atoms with Gasteiger partial charge in [-0.15, -0.1) is 0 Å². The predicted molar refractivity (Wildman–Crippen MR) is 131 cm³/mol. The molecule has 0 atom stereocenters. The van der Waals surface area contributed by atoms with Crippen LogP contribution in [0.25, 0.3) is 11.2 Å². The van der Waals surface area contributed by atoms with Gasteiger partial charge in [-0.05, 0) is 35.4 Å². The van der Waals surface area contributed by atoms with Gasteiger partial charge >= 0.3 is 5.69 Å².